The van der Waals surface area contributed by atoms with E-state index >= 15 is 0 Å². The molecule has 1 heterocycles. The van der Waals surface area contributed by atoms with Gasteiger partial charge in [0, 0.05) is 12.8 Å². The predicted molar refractivity (Wildman–Crippen MR) is 86.9 cm³/mol. The van der Waals surface area contributed by atoms with E-state index in [1.165, 1.54) is 0 Å². The van der Waals surface area contributed by atoms with Gasteiger partial charge in [-0.15, -0.1) is 0 Å². The number of piperidine rings is 1. The second-order valence-electron chi connectivity index (χ2n) is 6.46. The first-order valence-corrected chi connectivity index (χ1v) is 8.24. The maximum absolute atomic E-state index is 12.3. The van der Waals surface area contributed by atoms with Gasteiger partial charge in [-0.05, 0) is 30.4 Å². The quantitative estimate of drug-likeness (QED) is 0.864. The van der Waals surface area contributed by atoms with Crippen molar-refractivity contribution in [1.29, 1.82) is 0 Å². The molecule has 0 atom stereocenters. The maximum atomic E-state index is 12.3. The third-order valence-corrected chi connectivity index (χ3v) is 5.10. The number of carbonyl (C=O) groups excluding carboxylic acids is 3. The molecule has 23 heavy (non-hydrogen) atoms. The SMILES string of the molecule is O=C(CN1C(=O)CC2(CCCC2)CC1=O)Nc1ccccc1Cl. The summed E-state index contributed by atoms with van der Waals surface area (Å²) in [5, 5.41) is 3.06. The predicted octanol–water partition coefficient (Wildman–Crippen LogP) is 2.99. The number of hydrogen-bond donors (Lipinski definition) is 1. The van der Waals surface area contributed by atoms with Crippen LogP contribution in [-0.4, -0.2) is 29.2 Å². The van der Waals surface area contributed by atoms with Gasteiger partial charge in [0.1, 0.15) is 6.54 Å². The van der Waals surface area contributed by atoms with E-state index in [1.807, 2.05) is 0 Å². The van der Waals surface area contributed by atoms with Crippen LogP contribution in [0.3, 0.4) is 0 Å². The minimum Gasteiger partial charge on any atom is -0.323 e. The van der Waals surface area contributed by atoms with Gasteiger partial charge < -0.3 is 5.32 Å². The van der Waals surface area contributed by atoms with E-state index < -0.39 is 5.91 Å². The molecule has 1 spiro atoms. The molecule has 1 N–H and O–H groups in total. The van der Waals surface area contributed by atoms with E-state index in [1.54, 1.807) is 24.3 Å². The van der Waals surface area contributed by atoms with Crippen LogP contribution >= 0.6 is 11.6 Å². The summed E-state index contributed by atoms with van der Waals surface area (Å²) < 4.78 is 0. The Morgan fingerprint density at radius 1 is 1.13 bits per heavy atom. The average molecular weight is 335 g/mol. The van der Waals surface area contributed by atoms with Crippen LogP contribution in [0.2, 0.25) is 5.02 Å². The lowest BCUT2D eigenvalue weighted by Gasteiger charge is -2.36. The molecule has 1 aliphatic heterocycles. The van der Waals surface area contributed by atoms with Crippen molar-refractivity contribution in [3.05, 3.63) is 29.3 Å². The van der Waals surface area contributed by atoms with Crippen LogP contribution in [0.15, 0.2) is 24.3 Å². The van der Waals surface area contributed by atoms with Crippen molar-refractivity contribution in [2.45, 2.75) is 38.5 Å². The molecule has 0 aromatic heterocycles. The molecule has 1 saturated carbocycles. The Kier molecular flexibility index (Phi) is 4.39. The highest BCUT2D eigenvalue weighted by atomic mass is 35.5. The zero-order chi connectivity index (χ0) is 16.4. The Bertz CT molecular complexity index is 633. The van der Waals surface area contributed by atoms with E-state index in [0.29, 0.717) is 23.6 Å². The van der Waals surface area contributed by atoms with Crippen LogP contribution in [0.4, 0.5) is 5.69 Å². The number of benzene rings is 1. The number of amides is 3. The summed E-state index contributed by atoms with van der Waals surface area (Å²) in [5.41, 5.74) is 0.326. The van der Waals surface area contributed by atoms with Crippen molar-refractivity contribution in [2.24, 2.45) is 5.41 Å². The Hall–Kier alpha value is -1.88. The number of hydrogen-bond acceptors (Lipinski definition) is 3. The van der Waals surface area contributed by atoms with Gasteiger partial charge in [-0.2, -0.15) is 0 Å². The van der Waals surface area contributed by atoms with Gasteiger partial charge in [0.25, 0.3) is 0 Å². The smallest absolute Gasteiger partial charge is 0.244 e. The fraction of sp³-hybridized carbons (Fsp3) is 0.471. The molecule has 3 rings (SSSR count). The van der Waals surface area contributed by atoms with Crippen LogP contribution in [0, 0.1) is 5.41 Å². The normalized spacial score (nSPS) is 20.1. The molecule has 122 valence electrons. The standard InChI is InChI=1S/C17H19ClN2O3/c18-12-5-1-2-6-13(12)19-14(21)11-20-15(22)9-17(10-16(20)23)7-3-4-8-17/h1-2,5-6H,3-4,7-11H2,(H,19,21). The molecule has 6 heteroatoms. The van der Waals surface area contributed by atoms with E-state index in [4.69, 9.17) is 11.6 Å². The van der Waals surface area contributed by atoms with E-state index in [0.717, 1.165) is 30.6 Å². The number of halogens is 1. The maximum Gasteiger partial charge on any atom is 0.244 e. The first-order chi connectivity index (χ1) is 11.0. The lowest BCUT2D eigenvalue weighted by molar-refractivity contribution is -0.155. The molecule has 2 fully saturated rings. The third-order valence-electron chi connectivity index (χ3n) is 4.77. The van der Waals surface area contributed by atoms with Crippen molar-refractivity contribution in [2.75, 3.05) is 11.9 Å². The first-order valence-electron chi connectivity index (χ1n) is 7.87. The first kappa shape index (κ1) is 16.0. The van der Waals surface area contributed by atoms with Crippen LogP contribution < -0.4 is 5.32 Å². The second kappa shape index (κ2) is 6.32. The molecule has 1 aromatic carbocycles. The van der Waals surface area contributed by atoms with Crippen LogP contribution in [0.25, 0.3) is 0 Å². The summed E-state index contributed by atoms with van der Waals surface area (Å²) in [4.78, 5) is 37.8. The molecule has 1 saturated heterocycles. The molecule has 0 radical (unpaired) electrons. The Balaban J connectivity index is 1.64. The molecular weight excluding hydrogens is 316 g/mol. The molecule has 1 aliphatic carbocycles. The van der Waals surface area contributed by atoms with Crippen LogP contribution in [0.5, 0.6) is 0 Å². The fourth-order valence-corrected chi connectivity index (χ4v) is 3.77. The Labute approximate surface area is 140 Å². The summed E-state index contributed by atoms with van der Waals surface area (Å²) in [6, 6.07) is 6.85. The zero-order valence-corrected chi connectivity index (χ0v) is 13.6. The van der Waals surface area contributed by atoms with Crippen LogP contribution in [-0.2, 0) is 14.4 Å². The van der Waals surface area contributed by atoms with Gasteiger partial charge in [-0.1, -0.05) is 36.6 Å². The van der Waals surface area contributed by atoms with Crippen molar-refractivity contribution < 1.29 is 14.4 Å². The van der Waals surface area contributed by atoms with E-state index in [2.05, 4.69) is 5.32 Å². The number of anilines is 1. The average Bonchev–Trinajstić information content (AvgIpc) is 2.93. The number of nitrogens with one attached hydrogen (secondary N) is 1. The van der Waals surface area contributed by atoms with Crippen molar-refractivity contribution in [3.8, 4) is 0 Å². The number of nitrogens with zero attached hydrogens (tertiary/aromatic N) is 1. The van der Waals surface area contributed by atoms with Gasteiger partial charge in [0.2, 0.25) is 17.7 Å². The van der Waals surface area contributed by atoms with Crippen molar-refractivity contribution >= 4 is 35.0 Å². The van der Waals surface area contributed by atoms with Gasteiger partial charge >= 0.3 is 0 Å². The number of rotatable bonds is 3. The summed E-state index contributed by atoms with van der Waals surface area (Å²) >= 11 is 5.99. The molecule has 5 nitrogen and oxygen atoms in total. The molecule has 1 aromatic rings. The summed E-state index contributed by atoms with van der Waals surface area (Å²) in [6.07, 6.45) is 4.77. The molecular formula is C17H19ClN2O3. The topological polar surface area (TPSA) is 66.5 Å². The van der Waals surface area contributed by atoms with Crippen LogP contribution in [0.1, 0.15) is 38.5 Å². The van der Waals surface area contributed by atoms with E-state index in [-0.39, 0.29) is 23.8 Å². The fourth-order valence-electron chi connectivity index (χ4n) is 3.58. The van der Waals surface area contributed by atoms with Crippen molar-refractivity contribution in [3.63, 3.8) is 0 Å². The Morgan fingerprint density at radius 2 is 1.74 bits per heavy atom. The Morgan fingerprint density at radius 3 is 2.35 bits per heavy atom. The summed E-state index contributed by atoms with van der Waals surface area (Å²) in [6.45, 7) is -0.251. The largest absolute Gasteiger partial charge is 0.323 e. The molecule has 2 aliphatic rings. The van der Waals surface area contributed by atoms with Gasteiger partial charge in [0.05, 0.1) is 10.7 Å². The minimum absolute atomic E-state index is 0.149. The summed E-state index contributed by atoms with van der Waals surface area (Å²) in [5.74, 6) is -0.892. The second-order valence-corrected chi connectivity index (χ2v) is 6.87. The molecule has 0 bridgehead atoms. The number of likely N-dealkylation sites (tertiary alicyclic amines) is 1. The van der Waals surface area contributed by atoms with E-state index in [9.17, 15) is 14.4 Å². The van der Waals surface area contributed by atoms with Gasteiger partial charge in [-0.25, -0.2) is 0 Å². The number of para-hydroxylation sites is 1. The number of carbonyl (C=O) groups is 3. The lowest BCUT2D eigenvalue weighted by atomic mass is 9.76. The highest BCUT2D eigenvalue weighted by Crippen LogP contribution is 2.46. The highest BCUT2D eigenvalue weighted by molar-refractivity contribution is 6.33. The minimum atomic E-state index is -0.415. The lowest BCUT2D eigenvalue weighted by Crippen LogP contribution is -2.49. The molecule has 3 amide bonds. The van der Waals surface area contributed by atoms with Gasteiger partial charge in [-0.3, -0.25) is 19.3 Å². The summed E-state index contributed by atoms with van der Waals surface area (Å²) in [7, 11) is 0. The zero-order valence-electron chi connectivity index (χ0n) is 12.8. The third kappa shape index (κ3) is 3.39. The molecule has 0 unspecified atom stereocenters. The van der Waals surface area contributed by atoms with Crippen molar-refractivity contribution in [1.82, 2.24) is 4.90 Å². The monoisotopic (exact) mass is 334 g/mol. The number of imide groups is 1. The van der Waals surface area contributed by atoms with Gasteiger partial charge in [0.15, 0.2) is 0 Å². The highest BCUT2D eigenvalue weighted by Gasteiger charge is 2.45.